The highest BCUT2D eigenvalue weighted by Crippen LogP contribution is 2.21. The molecule has 2 unspecified atom stereocenters. The van der Waals surface area contributed by atoms with Crippen molar-refractivity contribution in [2.45, 2.75) is 38.4 Å². The molecule has 1 N–H and O–H groups in total. The number of rotatable bonds is 6. The molecule has 5 nitrogen and oxygen atoms in total. The van der Waals surface area contributed by atoms with Gasteiger partial charge in [0.1, 0.15) is 6.10 Å². The van der Waals surface area contributed by atoms with Crippen molar-refractivity contribution in [2.75, 3.05) is 13.1 Å². The lowest BCUT2D eigenvalue weighted by molar-refractivity contribution is -0.154. The van der Waals surface area contributed by atoms with Crippen molar-refractivity contribution in [3.05, 3.63) is 35.9 Å². The first-order valence-corrected chi connectivity index (χ1v) is 7.32. The number of carboxylic acids is 1. The summed E-state index contributed by atoms with van der Waals surface area (Å²) in [6.07, 6.45) is 0.225. The number of aliphatic carboxylic acids is 1. The number of carbonyl (C=O) groups excluding carboxylic acids is 1. The molecule has 1 aliphatic rings. The van der Waals surface area contributed by atoms with E-state index in [0.717, 1.165) is 6.42 Å². The van der Waals surface area contributed by atoms with Gasteiger partial charge in [0.2, 0.25) is 0 Å². The van der Waals surface area contributed by atoms with Crippen LogP contribution in [-0.2, 0) is 20.7 Å². The van der Waals surface area contributed by atoms with Crippen molar-refractivity contribution >= 4 is 11.9 Å². The van der Waals surface area contributed by atoms with Crippen LogP contribution in [0.15, 0.2) is 30.3 Å². The van der Waals surface area contributed by atoms with Crippen molar-refractivity contribution in [3.8, 4) is 0 Å². The van der Waals surface area contributed by atoms with Gasteiger partial charge in [-0.3, -0.25) is 4.79 Å². The van der Waals surface area contributed by atoms with Crippen LogP contribution in [0.4, 0.5) is 0 Å². The third kappa shape index (κ3) is 4.04. The average molecular weight is 291 g/mol. The van der Waals surface area contributed by atoms with Crippen LogP contribution in [0.2, 0.25) is 0 Å². The highest BCUT2D eigenvalue weighted by atomic mass is 16.5. The lowest BCUT2D eigenvalue weighted by atomic mass is 10.1. The quantitative estimate of drug-likeness (QED) is 0.866. The fourth-order valence-electron chi connectivity index (χ4n) is 2.54. The van der Waals surface area contributed by atoms with Crippen molar-refractivity contribution in [1.82, 2.24) is 4.90 Å². The molecule has 1 amide bonds. The molecule has 2 atom stereocenters. The van der Waals surface area contributed by atoms with Crippen LogP contribution < -0.4 is 0 Å². The van der Waals surface area contributed by atoms with E-state index in [2.05, 4.69) is 0 Å². The number of hydrogen-bond acceptors (Lipinski definition) is 3. The van der Waals surface area contributed by atoms with Gasteiger partial charge in [-0.05, 0) is 31.7 Å². The number of hydrogen-bond donors (Lipinski definition) is 1. The minimum Gasteiger partial charge on any atom is -0.479 e. The smallest absolute Gasteiger partial charge is 0.332 e. The van der Waals surface area contributed by atoms with E-state index < -0.39 is 18.2 Å². The van der Waals surface area contributed by atoms with Gasteiger partial charge < -0.3 is 14.7 Å². The van der Waals surface area contributed by atoms with E-state index in [0.29, 0.717) is 25.9 Å². The predicted octanol–water partition coefficient (Wildman–Crippen LogP) is 1.71. The first kappa shape index (κ1) is 15.5. The molecule has 1 aliphatic heterocycles. The van der Waals surface area contributed by atoms with Crippen LogP contribution in [0, 0.1) is 0 Å². The largest absolute Gasteiger partial charge is 0.479 e. The second kappa shape index (κ2) is 7.22. The van der Waals surface area contributed by atoms with Gasteiger partial charge in [-0.2, -0.15) is 0 Å². The van der Waals surface area contributed by atoms with E-state index in [4.69, 9.17) is 9.84 Å². The molecule has 2 rings (SSSR count). The highest BCUT2D eigenvalue weighted by molar-refractivity contribution is 5.82. The Labute approximate surface area is 124 Å². The molecule has 1 saturated heterocycles. The number of nitrogens with zero attached hydrogens (tertiary/aromatic N) is 1. The first-order chi connectivity index (χ1) is 10.1. The molecule has 114 valence electrons. The van der Waals surface area contributed by atoms with E-state index in [9.17, 15) is 9.59 Å². The third-order valence-corrected chi connectivity index (χ3v) is 3.78. The van der Waals surface area contributed by atoms with Crippen LogP contribution in [0.3, 0.4) is 0 Å². The summed E-state index contributed by atoms with van der Waals surface area (Å²) in [5.41, 5.74) is 1.18. The molecule has 0 aromatic heterocycles. The molecule has 0 aliphatic carbocycles. The summed E-state index contributed by atoms with van der Waals surface area (Å²) in [6, 6.07) is 9.98. The fraction of sp³-hybridized carbons (Fsp3) is 0.500. The Hall–Kier alpha value is -1.88. The topological polar surface area (TPSA) is 66.8 Å². The zero-order valence-corrected chi connectivity index (χ0v) is 12.2. The summed E-state index contributed by atoms with van der Waals surface area (Å²) in [5.74, 6) is -1.09. The third-order valence-electron chi connectivity index (χ3n) is 3.78. The molecule has 0 bridgehead atoms. The standard InChI is InChI=1S/C16H21NO4/c1-2-17(11-10-12-6-4-3-5-7-12)15(18)13-8-9-14(21-13)16(19)20/h3-7,13-14H,2,8-11H2,1H3,(H,19,20). The number of amides is 1. The zero-order valence-electron chi connectivity index (χ0n) is 12.2. The van der Waals surface area contributed by atoms with Gasteiger partial charge in [-0.15, -0.1) is 0 Å². The van der Waals surface area contributed by atoms with Crippen LogP contribution in [-0.4, -0.2) is 47.2 Å². The molecule has 0 spiro atoms. The Morgan fingerprint density at radius 1 is 1.24 bits per heavy atom. The van der Waals surface area contributed by atoms with Crippen molar-refractivity contribution in [1.29, 1.82) is 0 Å². The summed E-state index contributed by atoms with van der Waals surface area (Å²) in [7, 11) is 0. The van der Waals surface area contributed by atoms with Crippen molar-refractivity contribution in [2.24, 2.45) is 0 Å². The molecule has 1 aromatic carbocycles. The van der Waals surface area contributed by atoms with Gasteiger partial charge in [0.15, 0.2) is 6.10 Å². The molecular weight excluding hydrogens is 270 g/mol. The summed E-state index contributed by atoms with van der Waals surface area (Å²) < 4.78 is 5.33. The monoisotopic (exact) mass is 291 g/mol. The Morgan fingerprint density at radius 2 is 1.90 bits per heavy atom. The molecule has 1 aromatic rings. The van der Waals surface area contributed by atoms with E-state index in [-0.39, 0.29) is 5.91 Å². The molecule has 0 radical (unpaired) electrons. The summed E-state index contributed by atoms with van der Waals surface area (Å²) in [5, 5.41) is 8.91. The maximum atomic E-state index is 12.4. The lowest BCUT2D eigenvalue weighted by Gasteiger charge is -2.24. The summed E-state index contributed by atoms with van der Waals surface area (Å²) in [6.45, 7) is 3.15. The van der Waals surface area contributed by atoms with Crippen molar-refractivity contribution < 1.29 is 19.4 Å². The van der Waals surface area contributed by atoms with Crippen LogP contribution in [0.5, 0.6) is 0 Å². The molecule has 1 fully saturated rings. The first-order valence-electron chi connectivity index (χ1n) is 7.32. The van der Waals surface area contributed by atoms with E-state index in [1.807, 2.05) is 37.3 Å². The maximum Gasteiger partial charge on any atom is 0.332 e. The minimum absolute atomic E-state index is 0.0998. The van der Waals surface area contributed by atoms with E-state index in [1.54, 1.807) is 4.90 Å². The molecular formula is C16H21NO4. The molecule has 5 heteroatoms. The van der Waals surface area contributed by atoms with Crippen LogP contribution in [0.25, 0.3) is 0 Å². The Balaban J connectivity index is 1.89. The highest BCUT2D eigenvalue weighted by Gasteiger charge is 2.36. The molecule has 21 heavy (non-hydrogen) atoms. The zero-order chi connectivity index (χ0) is 15.2. The van der Waals surface area contributed by atoms with Gasteiger partial charge in [-0.1, -0.05) is 30.3 Å². The maximum absolute atomic E-state index is 12.4. The Morgan fingerprint density at radius 3 is 2.48 bits per heavy atom. The number of benzene rings is 1. The van der Waals surface area contributed by atoms with Crippen LogP contribution >= 0.6 is 0 Å². The van der Waals surface area contributed by atoms with Gasteiger partial charge in [-0.25, -0.2) is 4.79 Å². The number of carboxylic acid groups (broad SMARTS) is 1. The molecule has 1 heterocycles. The fourth-order valence-corrected chi connectivity index (χ4v) is 2.54. The number of likely N-dealkylation sites (N-methyl/N-ethyl adjacent to an activating group) is 1. The summed E-state index contributed by atoms with van der Waals surface area (Å²) >= 11 is 0. The van der Waals surface area contributed by atoms with Gasteiger partial charge in [0.05, 0.1) is 0 Å². The van der Waals surface area contributed by atoms with Gasteiger partial charge in [0.25, 0.3) is 5.91 Å². The number of carbonyl (C=O) groups is 2. The van der Waals surface area contributed by atoms with Gasteiger partial charge >= 0.3 is 5.97 Å². The number of ether oxygens (including phenoxy) is 1. The second-order valence-corrected chi connectivity index (χ2v) is 5.18. The lowest BCUT2D eigenvalue weighted by Crippen LogP contribution is -2.40. The predicted molar refractivity (Wildman–Crippen MR) is 77.9 cm³/mol. The van der Waals surface area contributed by atoms with Gasteiger partial charge in [0, 0.05) is 13.1 Å². The normalized spacial score (nSPS) is 21.2. The van der Waals surface area contributed by atoms with Crippen LogP contribution in [0.1, 0.15) is 25.3 Å². The average Bonchev–Trinajstić information content (AvgIpc) is 2.99. The second-order valence-electron chi connectivity index (χ2n) is 5.18. The van der Waals surface area contributed by atoms with E-state index >= 15 is 0 Å². The Kier molecular flexibility index (Phi) is 5.33. The van der Waals surface area contributed by atoms with E-state index in [1.165, 1.54) is 5.56 Å². The SMILES string of the molecule is CCN(CCc1ccccc1)C(=O)C1CCC(C(=O)O)O1. The molecule has 0 saturated carbocycles. The van der Waals surface area contributed by atoms with Crippen molar-refractivity contribution in [3.63, 3.8) is 0 Å². The minimum atomic E-state index is -0.988. The Bertz CT molecular complexity index is 488. The summed E-state index contributed by atoms with van der Waals surface area (Å²) in [4.78, 5) is 25.0.